The van der Waals surface area contributed by atoms with E-state index >= 15 is 0 Å². The molecule has 1 aromatic rings. The fourth-order valence-corrected chi connectivity index (χ4v) is 2.51. The van der Waals surface area contributed by atoms with E-state index in [1.165, 1.54) is 0 Å². The highest BCUT2D eigenvalue weighted by molar-refractivity contribution is 5.97. The van der Waals surface area contributed by atoms with E-state index in [-0.39, 0.29) is 17.2 Å². The minimum absolute atomic E-state index is 0.00339. The molecule has 1 fully saturated rings. The second-order valence-electron chi connectivity index (χ2n) is 6.62. The molecule has 2 heterocycles. The minimum Gasteiger partial charge on any atom is -0.342 e. The minimum atomic E-state index is -0.460. The Labute approximate surface area is 125 Å². The van der Waals surface area contributed by atoms with E-state index in [9.17, 15) is 9.59 Å². The molecule has 1 aromatic heterocycles. The Morgan fingerprint density at radius 1 is 1.24 bits per heavy atom. The van der Waals surface area contributed by atoms with Gasteiger partial charge in [-0.3, -0.25) is 14.6 Å². The Morgan fingerprint density at radius 2 is 1.86 bits per heavy atom. The summed E-state index contributed by atoms with van der Waals surface area (Å²) in [6.45, 7) is 8.22. The van der Waals surface area contributed by atoms with Crippen molar-refractivity contribution in [3.05, 3.63) is 30.1 Å². The average molecular weight is 289 g/mol. The maximum Gasteiger partial charge on any atom is 0.246 e. The van der Waals surface area contributed by atoms with Gasteiger partial charge in [0.25, 0.3) is 0 Å². The lowest BCUT2D eigenvalue weighted by molar-refractivity contribution is -0.151. The Balaban J connectivity index is 2.12. The average Bonchev–Trinajstić information content (AvgIpc) is 2.42. The Kier molecular flexibility index (Phi) is 4.30. The van der Waals surface area contributed by atoms with Crippen LogP contribution in [-0.2, 0) is 16.0 Å². The summed E-state index contributed by atoms with van der Waals surface area (Å²) in [6, 6.07) is 2.98. The molecule has 2 unspecified atom stereocenters. The first-order valence-electron chi connectivity index (χ1n) is 7.30. The van der Waals surface area contributed by atoms with E-state index in [1.54, 1.807) is 24.2 Å². The monoisotopic (exact) mass is 289 g/mol. The molecule has 2 amide bonds. The number of hydrogen-bond acceptors (Lipinski definition) is 3. The van der Waals surface area contributed by atoms with Crippen LogP contribution in [0.25, 0.3) is 0 Å². The summed E-state index contributed by atoms with van der Waals surface area (Å²) in [5.41, 5.74) is 0.824. The molecule has 0 radical (unpaired) electrons. The van der Waals surface area contributed by atoms with Gasteiger partial charge in [-0.1, -0.05) is 20.8 Å². The van der Waals surface area contributed by atoms with Crippen molar-refractivity contribution in [2.75, 3.05) is 6.54 Å². The Morgan fingerprint density at radius 3 is 2.43 bits per heavy atom. The maximum absolute atomic E-state index is 12.6. The molecular weight excluding hydrogens is 266 g/mol. The van der Waals surface area contributed by atoms with Crippen LogP contribution in [0.15, 0.2) is 24.5 Å². The number of piperazine rings is 1. The maximum atomic E-state index is 12.6. The van der Waals surface area contributed by atoms with Crippen molar-refractivity contribution in [2.24, 2.45) is 5.41 Å². The van der Waals surface area contributed by atoms with Gasteiger partial charge in [0.15, 0.2) is 0 Å². The molecule has 1 saturated heterocycles. The summed E-state index contributed by atoms with van der Waals surface area (Å²) < 4.78 is 0. The number of hydrogen-bond donors (Lipinski definition) is 1. The first-order chi connectivity index (χ1) is 9.80. The summed E-state index contributed by atoms with van der Waals surface area (Å²) in [5.74, 6) is -0.0760. The topological polar surface area (TPSA) is 62.3 Å². The summed E-state index contributed by atoms with van der Waals surface area (Å²) in [4.78, 5) is 30.4. The molecule has 5 heteroatoms. The van der Waals surface area contributed by atoms with Gasteiger partial charge in [0.2, 0.25) is 11.8 Å². The molecule has 2 atom stereocenters. The fraction of sp³-hybridized carbons (Fsp3) is 0.562. The zero-order valence-corrected chi connectivity index (χ0v) is 13.1. The highest BCUT2D eigenvalue weighted by atomic mass is 16.2. The van der Waals surface area contributed by atoms with Crippen LogP contribution in [0.4, 0.5) is 0 Å². The third-order valence-corrected chi connectivity index (χ3v) is 3.92. The van der Waals surface area contributed by atoms with Crippen molar-refractivity contribution < 1.29 is 9.59 Å². The summed E-state index contributed by atoms with van der Waals surface area (Å²) in [5, 5.41) is 2.84. The molecule has 0 aliphatic carbocycles. The normalized spacial score (nSPS) is 23.1. The zero-order valence-electron chi connectivity index (χ0n) is 13.1. The quantitative estimate of drug-likeness (QED) is 0.914. The summed E-state index contributed by atoms with van der Waals surface area (Å²) >= 11 is 0. The van der Waals surface area contributed by atoms with E-state index < -0.39 is 12.1 Å². The van der Waals surface area contributed by atoms with Crippen molar-refractivity contribution in [2.45, 2.75) is 46.2 Å². The molecule has 21 heavy (non-hydrogen) atoms. The van der Waals surface area contributed by atoms with Crippen LogP contribution in [0, 0.1) is 5.41 Å². The fourth-order valence-electron chi connectivity index (χ4n) is 2.51. The number of nitrogens with zero attached hydrogens (tertiary/aromatic N) is 2. The van der Waals surface area contributed by atoms with Crippen LogP contribution in [-0.4, -0.2) is 40.3 Å². The van der Waals surface area contributed by atoms with Gasteiger partial charge < -0.3 is 10.2 Å². The molecule has 0 bridgehead atoms. The molecule has 1 aliphatic rings. The lowest BCUT2D eigenvalue weighted by Crippen LogP contribution is -2.66. The number of nitrogens with one attached hydrogen (secondary N) is 1. The number of pyridine rings is 1. The van der Waals surface area contributed by atoms with E-state index in [1.807, 2.05) is 32.9 Å². The third kappa shape index (κ3) is 3.40. The first-order valence-corrected chi connectivity index (χ1v) is 7.30. The van der Waals surface area contributed by atoms with E-state index in [0.29, 0.717) is 6.54 Å². The predicted octanol–water partition coefficient (Wildman–Crippen LogP) is 1.39. The van der Waals surface area contributed by atoms with E-state index in [4.69, 9.17) is 0 Å². The van der Waals surface area contributed by atoms with Crippen molar-refractivity contribution in [3.63, 3.8) is 0 Å². The lowest BCUT2D eigenvalue weighted by atomic mass is 9.84. The predicted molar refractivity (Wildman–Crippen MR) is 80.5 cm³/mol. The molecule has 2 rings (SSSR count). The number of amides is 2. The van der Waals surface area contributed by atoms with E-state index in [2.05, 4.69) is 10.3 Å². The van der Waals surface area contributed by atoms with Crippen LogP contribution >= 0.6 is 0 Å². The van der Waals surface area contributed by atoms with Gasteiger partial charge >= 0.3 is 0 Å². The van der Waals surface area contributed by atoms with Gasteiger partial charge in [-0.25, -0.2) is 0 Å². The molecule has 0 spiro atoms. The second-order valence-corrected chi connectivity index (χ2v) is 6.62. The van der Waals surface area contributed by atoms with Gasteiger partial charge in [-0.05, 0) is 36.5 Å². The standard InChI is InChI=1S/C16H23N3O2/c1-11-14(20)18-13(16(2,3)4)15(21)19(11)10-7-12-5-8-17-9-6-12/h5-6,8-9,11,13H,7,10H2,1-4H3,(H,18,20). The van der Waals surface area contributed by atoms with Crippen LogP contribution in [0.5, 0.6) is 0 Å². The molecule has 5 nitrogen and oxygen atoms in total. The molecule has 114 valence electrons. The number of aromatic nitrogens is 1. The molecule has 1 N–H and O–H groups in total. The SMILES string of the molecule is CC1C(=O)NC(C(C)(C)C)C(=O)N1CCc1ccncc1. The van der Waals surface area contributed by atoms with Gasteiger partial charge in [0.05, 0.1) is 0 Å². The molecule has 1 aliphatic heterocycles. The van der Waals surface area contributed by atoms with Gasteiger partial charge in [-0.2, -0.15) is 0 Å². The first kappa shape index (κ1) is 15.5. The summed E-state index contributed by atoms with van der Waals surface area (Å²) in [7, 11) is 0. The van der Waals surface area contributed by atoms with Gasteiger partial charge in [0, 0.05) is 18.9 Å². The highest BCUT2D eigenvalue weighted by Gasteiger charge is 2.43. The molecular formula is C16H23N3O2. The zero-order chi connectivity index (χ0) is 15.6. The van der Waals surface area contributed by atoms with Crippen molar-refractivity contribution in [3.8, 4) is 0 Å². The largest absolute Gasteiger partial charge is 0.342 e. The van der Waals surface area contributed by atoms with Crippen LogP contribution in [0.3, 0.4) is 0 Å². The Hall–Kier alpha value is -1.91. The third-order valence-electron chi connectivity index (χ3n) is 3.92. The molecule has 0 saturated carbocycles. The van der Waals surface area contributed by atoms with E-state index in [0.717, 1.165) is 12.0 Å². The summed E-state index contributed by atoms with van der Waals surface area (Å²) in [6.07, 6.45) is 4.20. The number of carbonyl (C=O) groups excluding carboxylic acids is 2. The van der Waals surface area contributed by atoms with Crippen molar-refractivity contribution in [1.82, 2.24) is 15.2 Å². The second kappa shape index (κ2) is 5.84. The smallest absolute Gasteiger partial charge is 0.246 e. The van der Waals surface area contributed by atoms with Crippen LogP contribution in [0.1, 0.15) is 33.3 Å². The van der Waals surface area contributed by atoms with Gasteiger partial charge in [-0.15, -0.1) is 0 Å². The number of carbonyl (C=O) groups is 2. The lowest BCUT2D eigenvalue weighted by Gasteiger charge is -2.42. The highest BCUT2D eigenvalue weighted by Crippen LogP contribution is 2.25. The van der Waals surface area contributed by atoms with Crippen LogP contribution in [0.2, 0.25) is 0 Å². The number of rotatable bonds is 3. The van der Waals surface area contributed by atoms with Gasteiger partial charge in [0.1, 0.15) is 12.1 Å². The Bertz CT molecular complexity index is 522. The van der Waals surface area contributed by atoms with Crippen LogP contribution < -0.4 is 5.32 Å². The van der Waals surface area contributed by atoms with Crippen molar-refractivity contribution >= 4 is 11.8 Å². The molecule has 0 aromatic carbocycles. The van der Waals surface area contributed by atoms with Crippen molar-refractivity contribution in [1.29, 1.82) is 0 Å².